The molecule has 0 aromatic carbocycles. The number of hydrogen-bond donors (Lipinski definition) is 1. The highest BCUT2D eigenvalue weighted by atomic mass is 32.2. The lowest BCUT2D eigenvalue weighted by molar-refractivity contribution is -0.125. The zero-order valence-electron chi connectivity index (χ0n) is 11.7. The molecular weight excluding hydrogens is 292 g/mol. The normalized spacial score (nSPS) is 15.2. The highest BCUT2D eigenvalue weighted by Gasteiger charge is 2.30. The highest BCUT2D eigenvalue weighted by Crippen LogP contribution is 2.23. The molecule has 0 bridgehead atoms. The fourth-order valence-corrected chi connectivity index (χ4v) is 2.84. The number of aryl methyl sites for hydroxylation is 1. The van der Waals surface area contributed by atoms with Gasteiger partial charge >= 0.3 is 0 Å². The summed E-state index contributed by atoms with van der Waals surface area (Å²) < 4.78 is 1.64. The molecule has 2 aromatic heterocycles. The maximum Gasteiger partial charge on any atom is 0.289 e. The summed E-state index contributed by atoms with van der Waals surface area (Å²) in [6, 6.07) is 0. The predicted octanol–water partition coefficient (Wildman–Crippen LogP) is 0.990. The Kier molecular flexibility index (Phi) is 3.50. The summed E-state index contributed by atoms with van der Waals surface area (Å²) in [5, 5.41) is 7.88. The number of fused-ring (bicyclic) bond motifs is 1. The summed E-state index contributed by atoms with van der Waals surface area (Å²) in [6.45, 7) is 2.76. The van der Waals surface area contributed by atoms with Crippen molar-refractivity contribution in [3.63, 3.8) is 0 Å². The topological polar surface area (TPSA) is 93.0 Å². The number of nitrogens with zero attached hydrogens (tertiary/aromatic N) is 5. The number of anilines is 1. The molecule has 3 rings (SSSR count). The number of aromatic nitrogens is 4. The molecule has 110 valence electrons. The van der Waals surface area contributed by atoms with E-state index in [9.17, 15) is 9.59 Å². The number of thioether (sulfide) groups is 1. The van der Waals surface area contributed by atoms with Crippen LogP contribution in [-0.4, -0.2) is 48.1 Å². The second kappa shape index (κ2) is 5.32. The second-order valence-electron chi connectivity index (χ2n) is 4.56. The first kappa shape index (κ1) is 13.8. The third-order valence-electron chi connectivity index (χ3n) is 3.12. The number of carbonyl (C=O) groups is 2. The van der Waals surface area contributed by atoms with Crippen molar-refractivity contribution in [1.82, 2.24) is 24.6 Å². The summed E-state index contributed by atoms with van der Waals surface area (Å²) >= 11 is 1.00. The first-order chi connectivity index (χ1) is 10.1. The van der Waals surface area contributed by atoms with Crippen molar-refractivity contribution in [2.24, 2.45) is 7.05 Å². The van der Waals surface area contributed by atoms with Gasteiger partial charge in [-0.15, -0.1) is 0 Å². The minimum absolute atomic E-state index is 0.0875. The highest BCUT2D eigenvalue weighted by molar-refractivity contribution is 8.14. The number of imide groups is 1. The lowest BCUT2D eigenvalue weighted by Crippen LogP contribution is -2.29. The van der Waals surface area contributed by atoms with Crippen LogP contribution in [0.5, 0.6) is 0 Å². The fourth-order valence-electron chi connectivity index (χ4n) is 2.12. The van der Waals surface area contributed by atoms with Gasteiger partial charge in [0.2, 0.25) is 5.91 Å². The van der Waals surface area contributed by atoms with Gasteiger partial charge in [0.25, 0.3) is 5.24 Å². The van der Waals surface area contributed by atoms with Crippen LogP contribution in [0.15, 0.2) is 6.20 Å². The molecular formula is C12H14N6O2S. The Bertz CT molecular complexity index is 712. The first-order valence-electron chi connectivity index (χ1n) is 6.49. The second-order valence-corrected chi connectivity index (χ2v) is 5.49. The Morgan fingerprint density at radius 1 is 1.38 bits per heavy atom. The zero-order valence-corrected chi connectivity index (χ0v) is 12.5. The van der Waals surface area contributed by atoms with Crippen LogP contribution < -0.4 is 5.32 Å². The van der Waals surface area contributed by atoms with Crippen molar-refractivity contribution in [2.75, 3.05) is 17.6 Å². The van der Waals surface area contributed by atoms with E-state index in [4.69, 9.17) is 0 Å². The van der Waals surface area contributed by atoms with Gasteiger partial charge in [0, 0.05) is 13.6 Å². The van der Waals surface area contributed by atoms with Crippen LogP contribution in [-0.2, 0) is 18.4 Å². The van der Waals surface area contributed by atoms with Crippen molar-refractivity contribution >= 4 is 39.8 Å². The standard InChI is InChI=1S/C12H14N6O2S/c1-3-13-10-7-4-14-17(2)11(7)16-8(15-10)5-18-9(19)6-21-12(18)20/h4H,3,5-6H2,1-2H3,(H,13,15,16). The number of rotatable bonds is 4. The molecule has 0 saturated carbocycles. The molecule has 9 heteroatoms. The molecule has 2 amide bonds. The molecule has 8 nitrogen and oxygen atoms in total. The van der Waals surface area contributed by atoms with Gasteiger partial charge in [0.15, 0.2) is 11.5 Å². The number of amides is 2. The van der Waals surface area contributed by atoms with Gasteiger partial charge < -0.3 is 5.32 Å². The van der Waals surface area contributed by atoms with Gasteiger partial charge in [-0.1, -0.05) is 11.8 Å². The molecule has 0 atom stereocenters. The summed E-state index contributed by atoms with van der Waals surface area (Å²) in [6.07, 6.45) is 1.69. The van der Waals surface area contributed by atoms with Gasteiger partial charge in [-0.2, -0.15) is 5.10 Å². The van der Waals surface area contributed by atoms with Gasteiger partial charge in [-0.25, -0.2) is 9.97 Å². The summed E-state index contributed by atoms with van der Waals surface area (Å²) in [7, 11) is 1.79. The molecule has 1 aliphatic heterocycles. The lowest BCUT2D eigenvalue weighted by Gasteiger charge is -2.13. The van der Waals surface area contributed by atoms with E-state index in [0.717, 1.165) is 17.1 Å². The van der Waals surface area contributed by atoms with E-state index < -0.39 is 0 Å². The third-order valence-corrected chi connectivity index (χ3v) is 3.98. The van der Waals surface area contributed by atoms with E-state index in [2.05, 4.69) is 20.4 Å². The molecule has 0 aliphatic carbocycles. The molecule has 2 aromatic rings. The number of carbonyl (C=O) groups excluding carboxylic acids is 2. The Balaban J connectivity index is 2.00. The van der Waals surface area contributed by atoms with E-state index in [0.29, 0.717) is 23.8 Å². The van der Waals surface area contributed by atoms with E-state index >= 15 is 0 Å². The predicted molar refractivity (Wildman–Crippen MR) is 78.9 cm³/mol. The average molecular weight is 306 g/mol. The van der Waals surface area contributed by atoms with Crippen LogP contribution in [0.25, 0.3) is 11.0 Å². The van der Waals surface area contributed by atoms with Crippen molar-refractivity contribution in [3.05, 3.63) is 12.0 Å². The summed E-state index contributed by atoms with van der Waals surface area (Å²) in [5.74, 6) is 1.07. The van der Waals surface area contributed by atoms with Crippen molar-refractivity contribution in [1.29, 1.82) is 0 Å². The van der Waals surface area contributed by atoms with E-state index in [1.807, 2.05) is 6.92 Å². The van der Waals surface area contributed by atoms with Crippen LogP contribution in [0.2, 0.25) is 0 Å². The Morgan fingerprint density at radius 2 is 2.19 bits per heavy atom. The van der Waals surface area contributed by atoms with E-state index in [1.54, 1.807) is 17.9 Å². The monoisotopic (exact) mass is 306 g/mol. The van der Waals surface area contributed by atoms with E-state index in [-0.39, 0.29) is 23.4 Å². The van der Waals surface area contributed by atoms with Crippen LogP contribution in [0.3, 0.4) is 0 Å². The van der Waals surface area contributed by atoms with Gasteiger partial charge in [-0.3, -0.25) is 19.2 Å². The average Bonchev–Trinajstić information content (AvgIpc) is 2.98. The molecule has 0 spiro atoms. The fraction of sp³-hybridized carbons (Fsp3) is 0.417. The van der Waals surface area contributed by atoms with E-state index in [1.165, 1.54) is 4.90 Å². The Morgan fingerprint density at radius 3 is 2.86 bits per heavy atom. The summed E-state index contributed by atoms with van der Waals surface area (Å²) in [5.41, 5.74) is 0.669. The molecule has 0 unspecified atom stereocenters. The van der Waals surface area contributed by atoms with Crippen LogP contribution >= 0.6 is 11.8 Å². The van der Waals surface area contributed by atoms with Crippen LogP contribution in [0.4, 0.5) is 10.6 Å². The molecule has 1 fully saturated rings. The maximum absolute atomic E-state index is 11.7. The van der Waals surface area contributed by atoms with Crippen LogP contribution in [0, 0.1) is 0 Å². The largest absolute Gasteiger partial charge is 0.370 e. The van der Waals surface area contributed by atoms with Gasteiger partial charge in [0.05, 0.1) is 23.9 Å². The van der Waals surface area contributed by atoms with Crippen molar-refractivity contribution in [3.8, 4) is 0 Å². The minimum Gasteiger partial charge on any atom is -0.370 e. The van der Waals surface area contributed by atoms with Gasteiger partial charge in [0.1, 0.15) is 5.82 Å². The molecule has 1 N–H and O–H groups in total. The number of hydrogen-bond acceptors (Lipinski definition) is 7. The SMILES string of the molecule is CCNc1nc(CN2C(=O)CSC2=O)nc2c1cnn2C. The Hall–Kier alpha value is -2.16. The quantitative estimate of drug-likeness (QED) is 0.900. The first-order valence-corrected chi connectivity index (χ1v) is 7.48. The molecule has 3 heterocycles. The van der Waals surface area contributed by atoms with Crippen molar-refractivity contribution < 1.29 is 9.59 Å². The zero-order chi connectivity index (χ0) is 15.0. The Labute approximate surface area is 124 Å². The summed E-state index contributed by atoms with van der Waals surface area (Å²) in [4.78, 5) is 33.3. The smallest absolute Gasteiger partial charge is 0.289 e. The molecule has 1 saturated heterocycles. The van der Waals surface area contributed by atoms with Gasteiger partial charge in [-0.05, 0) is 6.92 Å². The van der Waals surface area contributed by atoms with Crippen molar-refractivity contribution in [2.45, 2.75) is 13.5 Å². The van der Waals surface area contributed by atoms with Crippen LogP contribution in [0.1, 0.15) is 12.7 Å². The molecule has 21 heavy (non-hydrogen) atoms. The third kappa shape index (κ3) is 2.44. The minimum atomic E-state index is -0.251. The number of nitrogens with one attached hydrogen (secondary N) is 1. The lowest BCUT2D eigenvalue weighted by atomic mass is 10.3. The molecule has 1 aliphatic rings. The maximum atomic E-state index is 11.7. The molecule has 0 radical (unpaired) electrons.